The van der Waals surface area contributed by atoms with Crippen LogP contribution >= 0.6 is 11.6 Å². The summed E-state index contributed by atoms with van der Waals surface area (Å²) in [6.45, 7) is 2.56. The lowest BCUT2D eigenvalue weighted by Gasteiger charge is -2.15. The van der Waals surface area contributed by atoms with Gasteiger partial charge < -0.3 is 21.1 Å². The highest BCUT2D eigenvalue weighted by atomic mass is 35.5. The monoisotopic (exact) mass is 719 g/mol. The highest BCUT2D eigenvalue weighted by Gasteiger charge is 2.36. The summed E-state index contributed by atoms with van der Waals surface area (Å²) in [5.41, 5.74) is 3.53. The summed E-state index contributed by atoms with van der Waals surface area (Å²) in [6.07, 6.45) is -7.46. The molecule has 0 aliphatic rings. The molecule has 0 unspecified atom stereocenters. The zero-order chi connectivity index (χ0) is 36.4. The predicted molar refractivity (Wildman–Crippen MR) is 170 cm³/mol. The minimum atomic E-state index is -4.85. The van der Waals surface area contributed by atoms with Crippen molar-refractivity contribution >= 4 is 40.7 Å². The Bertz CT molecular complexity index is 2090. The smallest absolute Gasteiger partial charge is 0.435 e. The van der Waals surface area contributed by atoms with Crippen LogP contribution in [0.1, 0.15) is 21.9 Å². The number of rotatable bonds is 10. The molecule has 0 saturated carbocycles. The van der Waals surface area contributed by atoms with Crippen molar-refractivity contribution in [2.24, 2.45) is 7.05 Å². The van der Waals surface area contributed by atoms with E-state index >= 15 is 0 Å². The minimum Gasteiger partial charge on any atom is -0.489 e. The summed E-state index contributed by atoms with van der Waals surface area (Å²) in [7, 11) is 1.28. The third-order valence-corrected chi connectivity index (χ3v) is 7.25. The molecule has 50 heavy (non-hydrogen) atoms. The molecular formula is C31H24ClF6N9O3. The predicted octanol–water partition coefficient (Wildman–Crippen LogP) is 6.47. The van der Waals surface area contributed by atoms with Gasteiger partial charge >= 0.3 is 12.4 Å². The Morgan fingerprint density at radius 2 is 1.66 bits per heavy atom. The zero-order valence-electron chi connectivity index (χ0n) is 25.6. The molecule has 1 aromatic carbocycles. The SMILES string of the molecule is C=CC(=O)Nc1ccc(-c2cc(C(F)(F)F)nn2CCOc2cc(-c3cc(C(F)(F)F)nn3C)cnc2C(=O)Nc2ccccc2Cl)c(N)n1. The maximum Gasteiger partial charge on any atom is 0.435 e. The second-order valence-corrected chi connectivity index (χ2v) is 10.8. The topological polar surface area (TPSA) is 155 Å². The number of anilines is 3. The van der Waals surface area contributed by atoms with Gasteiger partial charge in [-0.3, -0.25) is 19.0 Å². The van der Waals surface area contributed by atoms with Crippen LogP contribution in [0, 0.1) is 0 Å². The fourth-order valence-electron chi connectivity index (χ4n) is 4.61. The van der Waals surface area contributed by atoms with Gasteiger partial charge in [0, 0.05) is 24.4 Å². The number of carbonyl (C=O) groups excluding carboxylic acids is 2. The molecule has 0 saturated heterocycles. The van der Waals surface area contributed by atoms with Crippen LogP contribution in [0.15, 0.2) is 73.4 Å². The van der Waals surface area contributed by atoms with E-state index in [4.69, 9.17) is 22.1 Å². The Morgan fingerprint density at radius 3 is 2.30 bits per heavy atom. The molecular weight excluding hydrogens is 696 g/mol. The number of aryl methyl sites for hydroxylation is 1. The van der Waals surface area contributed by atoms with Crippen LogP contribution in [0.25, 0.3) is 22.5 Å². The van der Waals surface area contributed by atoms with Crippen molar-refractivity contribution in [3.63, 3.8) is 0 Å². The van der Waals surface area contributed by atoms with Gasteiger partial charge in [-0.1, -0.05) is 30.3 Å². The number of ether oxygens (including phenoxy) is 1. The summed E-state index contributed by atoms with van der Waals surface area (Å²) in [5, 5.41) is 12.3. The number of alkyl halides is 6. The molecule has 0 aliphatic heterocycles. The van der Waals surface area contributed by atoms with E-state index in [1.165, 1.54) is 37.4 Å². The van der Waals surface area contributed by atoms with E-state index < -0.39 is 42.2 Å². The number of benzene rings is 1. The number of nitrogens with zero attached hydrogens (tertiary/aromatic N) is 6. The number of halogens is 7. The van der Waals surface area contributed by atoms with Crippen LogP contribution in [-0.2, 0) is 30.7 Å². The highest BCUT2D eigenvalue weighted by molar-refractivity contribution is 6.33. The normalized spacial score (nSPS) is 11.7. The summed E-state index contributed by atoms with van der Waals surface area (Å²) >= 11 is 6.16. The number of carbonyl (C=O) groups is 2. The molecule has 5 rings (SSSR count). The van der Waals surface area contributed by atoms with Crippen molar-refractivity contribution in [2.75, 3.05) is 23.0 Å². The highest BCUT2D eigenvalue weighted by Crippen LogP contribution is 2.35. The molecule has 4 N–H and O–H groups in total. The molecule has 0 aliphatic carbocycles. The first-order chi connectivity index (χ1) is 23.5. The molecule has 4 heterocycles. The third kappa shape index (κ3) is 7.86. The van der Waals surface area contributed by atoms with E-state index in [1.54, 1.807) is 12.1 Å². The summed E-state index contributed by atoms with van der Waals surface area (Å²) in [5.74, 6) is -1.83. The maximum absolute atomic E-state index is 13.7. The van der Waals surface area contributed by atoms with Crippen molar-refractivity contribution in [3.8, 4) is 28.3 Å². The minimum absolute atomic E-state index is 0.0207. The molecule has 4 aromatic heterocycles. The van der Waals surface area contributed by atoms with Gasteiger partial charge in [-0.2, -0.15) is 36.5 Å². The summed E-state index contributed by atoms with van der Waals surface area (Å²) in [6, 6.07) is 11.7. The first-order valence-electron chi connectivity index (χ1n) is 14.2. The Labute approximate surface area is 283 Å². The van der Waals surface area contributed by atoms with E-state index in [2.05, 4.69) is 37.4 Å². The van der Waals surface area contributed by atoms with Gasteiger partial charge in [0.25, 0.3) is 5.91 Å². The maximum atomic E-state index is 13.7. The van der Waals surface area contributed by atoms with E-state index in [9.17, 15) is 35.9 Å². The third-order valence-electron chi connectivity index (χ3n) is 6.92. The average molecular weight is 720 g/mol. The first-order valence-corrected chi connectivity index (χ1v) is 14.6. The number of hydrogen-bond acceptors (Lipinski definition) is 8. The Balaban J connectivity index is 1.48. The second kappa shape index (κ2) is 13.9. The van der Waals surface area contributed by atoms with E-state index in [1.807, 2.05) is 0 Å². The van der Waals surface area contributed by atoms with Crippen molar-refractivity contribution in [3.05, 3.63) is 95.6 Å². The standard InChI is InChI=1S/C31H24ClF6N9O3/c1-3-26(48)42-25-9-8-17(28(39)43-25)21-14-24(31(36,37)38)45-47(21)10-11-50-22-12-16(20-13-23(30(33,34)35)44-46(20)2)15-40-27(22)29(49)41-19-7-5-4-6-18(19)32/h3-9,12-15H,1,10-11H2,2H3,(H,41,49)(H3,39,42,43,48). The lowest BCUT2D eigenvalue weighted by Crippen LogP contribution is -2.18. The number of nitrogens with two attached hydrogens (primary N) is 1. The summed E-state index contributed by atoms with van der Waals surface area (Å²) in [4.78, 5) is 33.1. The molecule has 0 bridgehead atoms. The van der Waals surface area contributed by atoms with E-state index in [0.717, 1.165) is 33.8 Å². The molecule has 19 heteroatoms. The van der Waals surface area contributed by atoms with Crippen molar-refractivity contribution in [1.29, 1.82) is 0 Å². The first kappa shape index (κ1) is 35.4. The fraction of sp³-hybridized carbons (Fsp3) is 0.161. The molecule has 2 amide bonds. The molecule has 0 atom stereocenters. The number of para-hydroxylation sites is 1. The number of nitrogens with one attached hydrogen (secondary N) is 2. The Morgan fingerprint density at radius 1 is 0.980 bits per heavy atom. The number of hydrogen-bond donors (Lipinski definition) is 3. The van der Waals surface area contributed by atoms with Gasteiger partial charge in [-0.25, -0.2) is 9.97 Å². The van der Waals surface area contributed by atoms with Crippen LogP contribution in [0.3, 0.4) is 0 Å². The van der Waals surface area contributed by atoms with Crippen LogP contribution in [-0.4, -0.2) is 48.0 Å². The lowest BCUT2D eigenvalue weighted by molar-refractivity contribution is -0.142. The second-order valence-electron chi connectivity index (χ2n) is 10.3. The zero-order valence-corrected chi connectivity index (χ0v) is 26.4. The fourth-order valence-corrected chi connectivity index (χ4v) is 4.79. The van der Waals surface area contributed by atoms with Crippen LogP contribution < -0.4 is 21.1 Å². The van der Waals surface area contributed by atoms with Crippen molar-refractivity contribution in [2.45, 2.75) is 18.9 Å². The van der Waals surface area contributed by atoms with Crippen molar-refractivity contribution in [1.82, 2.24) is 29.5 Å². The van der Waals surface area contributed by atoms with E-state index in [-0.39, 0.29) is 62.8 Å². The van der Waals surface area contributed by atoms with E-state index in [0.29, 0.717) is 0 Å². The quantitative estimate of drug-likeness (QED) is 0.110. The van der Waals surface area contributed by atoms with Crippen LogP contribution in [0.5, 0.6) is 5.75 Å². The van der Waals surface area contributed by atoms with Crippen LogP contribution in [0.2, 0.25) is 5.02 Å². The number of nitrogen functional groups attached to an aromatic ring is 1. The molecule has 0 fully saturated rings. The number of aromatic nitrogens is 6. The van der Waals surface area contributed by atoms with Gasteiger partial charge in [-0.15, -0.1) is 0 Å². The summed E-state index contributed by atoms with van der Waals surface area (Å²) < 4.78 is 89.1. The van der Waals surface area contributed by atoms with Gasteiger partial charge in [0.2, 0.25) is 5.91 Å². The molecule has 0 spiro atoms. The van der Waals surface area contributed by atoms with Gasteiger partial charge in [-0.05, 0) is 48.5 Å². The number of pyridine rings is 2. The Hall–Kier alpha value is -5.91. The molecule has 260 valence electrons. The molecule has 0 radical (unpaired) electrons. The van der Waals surface area contributed by atoms with Gasteiger partial charge in [0.1, 0.15) is 18.2 Å². The van der Waals surface area contributed by atoms with Gasteiger partial charge in [0.15, 0.2) is 22.8 Å². The molecule has 5 aromatic rings. The van der Waals surface area contributed by atoms with Gasteiger partial charge in [0.05, 0.1) is 28.6 Å². The number of amides is 2. The largest absolute Gasteiger partial charge is 0.489 e. The van der Waals surface area contributed by atoms with Crippen molar-refractivity contribution < 1.29 is 40.7 Å². The molecule has 12 nitrogen and oxygen atoms in total. The van der Waals surface area contributed by atoms with Crippen LogP contribution in [0.4, 0.5) is 43.7 Å². The Kier molecular flexibility index (Phi) is 9.85. The lowest BCUT2D eigenvalue weighted by atomic mass is 10.1. The average Bonchev–Trinajstić information content (AvgIpc) is 3.66.